The van der Waals surface area contributed by atoms with Gasteiger partial charge in [-0.25, -0.2) is 10.2 Å². The van der Waals surface area contributed by atoms with Crippen LogP contribution < -0.4 is 15.5 Å². The van der Waals surface area contributed by atoms with Crippen molar-refractivity contribution in [2.45, 2.75) is 13.3 Å². The minimum Gasteiger partial charge on any atom is -0.422 e. The van der Waals surface area contributed by atoms with Crippen molar-refractivity contribution in [3.63, 3.8) is 0 Å². The zero-order chi connectivity index (χ0) is 23.8. The molecular weight excluding hydrogens is 465 g/mol. The highest BCUT2D eigenvalue weighted by molar-refractivity contribution is 6.33. The molecule has 0 aromatic heterocycles. The van der Waals surface area contributed by atoms with Crippen LogP contribution in [0.15, 0.2) is 71.8 Å². The van der Waals surface area contributed by atoms with Gasteiger partial charge in [0.15, 0.2) is 0 Å². The zero-order valence-corrected chi connectivity index (χ0v) is 19.0. The third-order valence-corrected chi connectivity index (χ3v) is 4.95. The first-order valence-electron chi connectivity index (χ1n) is 9.87. The molecule has 0 radical (unpaired) electrons. The molecule has 0 bridgehead atoms. The average Bonchev–Trinajstić information content (AvgIpc) is 2.81. The quantitative estimate of drug-likeness (QED) is 0.205. The summed E-state index contributed by atoms with van der Waals surface area (Å²) in [5, 5.41) is 7.29. The molecule has 0 unspecified atom stereocenters. The highest BCUT2D eigenvalue weighted by atomic mass is 35.5. The molecule has 168 valence electrons. The third kappa shape index (κ3) is 6.65. The molecule has 3 aromatic carbocycles. The second-order valence-electron chi connectivity index (χ2n) is 6.73. The Labute approximate surface area is 200 Å². The van der Waals surface area contributed by atoms with E-state index in [4.69, 9.17) is 27.9 Å². The van der Waals surface area contributed by atoms with Crippen molar-refractivity contribution in [2.75, 3.05) is 5.32 Å². The van der Waals surface area contributed by atoms with E-state index in [0.717, 1.165) is 0 Å². The lowest BCUT2D eigenvalue weighted by molar-refractivity contribution is -0.115. The van der Waals surface area contributed by atoms with Crippen LogP contribution in [0.2, 0.25) is 10.0 Å². The normalized spacial score (nSPS) is 10.6. The number of anilines is 1. The average molecular weight is 484 g/mol. The molecule has 33 heavy (non-hydrogen) atoms. The summed E-state index contributed by atoms with van der Waals surface area (Å²) in [5.41, 5.74) is 3.92. The van der Waals surface area contributed by atoms with E-state index in [2.05, 4.69) is 15.8 Å². The Kier molecular flexibility index (Phi) is 8.18. The topological polar surface area (TPSA) is 96.9 Å². The molecule has 0 aliphatic rings. The molecule has 2 amide bonds. The molecule has 2 N–H and O–H groups in total. The van der Waals surface area contributed by atoms with Crippen molar-refractivity contribution in [1.29, 1.82) is 0 Å². The van der Waals surface area contributed by atoms with Gasteiger partial charge in [-0.05, 0) is 54.6 Å². The summed E-state index contributed by atoms with van der Waals surface area (Å²) < 4.78 is 5.44. The predicted molar refractivity (Wildman–Crippen MR) is 128 cm³/mol. The zero-order valence-electron chi connectivity index (χ0n) is 17.5. The molecule has 0 atom stereocenters. The summed E-state index contributed by atoms with van der Waals surface area (Å²) in [6, 6.07) is 17.5. The van der Waals surface area contributed by atoms with E-state index in [1.165, 1.54) is 18.3 Å². The fourth-order valence-corrected chi connectivity index (χ4v) is 3.07. The van der Waals surface area contributed by atoms with E-state index < -0.39 is 11.9 Å². The van der Waals surface area contributed by atoms with Crippen molar-refractivity contribution >= 4 is 52.9 Å². The second kappa shape index (κ2) is 11.3. The fourth-order valence-electron chi connectivity index (χ4n) is 2.67. The minimum atomic E-state index is -0.642. The Morgan fingerprint density at radius 1 is 1.00 bits per heavy atom. The number of nitrogens with zero attached hydrogens (tertiary/aromatic N) is 1. The number of hydrazone groups is 1. The van der Waals surface area contributed by atoms with Crippen LogP contribution in [0.1, 0.15) is 39.6 Å². The van der Waals surface area contributed by atoms with Crippen LogP contribution in [0.3, 0.4) is 0 Å². The molecular formula is C24H19Cl2N3O4. The Hall–Kier alpha value is -3.68. The molecule has 0 heterocycles. The number of hydrogen-bond donors (Lipinski definition) is 2. The summed E-state index contributed by atoms with van der Waals surface area (Å²) in [4.78, 5) is 36.2. The van der Waals surface area contributed by atoms with E-state index in [-0.39, 0.29) is 22.2 Å². The molecule has 7 nitrogen and oxygen atoms in total. The highest BCUT2D eigenvalue weighted by Crippen LogP contribution is 2.24. The number of rotatable bonds is 7. The number of hydrogen-bond acceptors (Lipinski definition) is 5. The number of carbonyl (C=O) groups is 3. The highest BCUT2D eigenvalue weighted by Gasteiger charge is 2.14. The first-order chi connectivity index (χ1) is 15.9. The van der Waals surface area contributed by atoms with Gasteiger partial charge in [0.2, 0.25) is 5.91 Å². The first kappa shape index (κ1) is 24.0. The van der Waals surface area contributed by atoms with Crippen molar-refractivity contribution in [3.8, 4) is 5.75 Å². The van der Waals surface area contributed by atoms with Gasteiger partial charge < -0.3 is 10.1 Å². The Bertz CT molecular complexity index is 1210. The molecule has 0 aliphatic heterocycles. The molecule has 0 aliphatic carbocycles. The molecule has 9 heteroatoms. The monoisotopic (exact) mass is 483 g/mol. The van der Waals surface area contributed by atoms with E-state index in [1.54, 1.807) is 61.5 Å². The van der Waals surface area contributed by atoms with Gasteiger partial charge in [0, 0.05) is 28.3 Å². The smallest absolute Gasteiger partial charge is 0.345 e. The lowest BCUT2D eigenvalue weighted by atomic mass is 10.2. The van der Waals surface area contributed by atoms with Crippen LogP contribution in [-0.2, 0) is 4.79 Å². The van der Waals surface area contributed by atoms with Crippen LogP contribution in [0, 0.1) is 0 Å². The van der Waals surface area contributed by atoms with E-state index in [1.807, 2.05) is 0 Å². The summed E-state index contributed by atoms with van der Waals surface area (Å²) in [7, 11) is 0. The molecule has 0 saturated heterocycles. The maximum Gasteiger partial charge on any atom is 0.345 e. The molecule has 3 aromatic rings. The van der Waals surface area contributed by atoms with Crippen LogP contribution in [0.4, 0.5) is 5.69 Å². The second-order valence-corrected chi connectivity index (χ2v) is 7.57. The molecule has 0 fully saturated rings. The van der Waals surface area contributed by atoms with Gasteiger partial charge in [-0.1, -0.05) is 42.3 Å². The summed E-state index contributed by atoms with van der Waals surface area (Å²) in [6.45, 7) is 1.75. The van der Waals surface area contributed by atoms with Crippen LogP contribution in [-0.4, -0.2) is 24.0 Å². The van der Waals surface area contributed by atoms with E-state index in [9.17, 15) is 14.4 Å². The number of esters is 1. The van der Waals surface area contributed by atoms with Gasteiger partial charge in [0.05, 0.1) is 16.8 Å². The number of halogens is 2. The minimum absolute atomic E-state index is 0.121. The van der Waals surface area contributed by atoms with Crippen LogP contribution >= 0.6 is 23.2 Å². The summed E-state index contributed by atoms with van der Waals surface area (Å²) in [5.74, 6) is -1.03. The van der Waals surface area contributed by atoms with Gasteiger partial charge in [-0.2, -0.15) is 5.10 Å². The van der Waals surface area contributed by atoms with Crippen molar-refractivity contribution < 1.29 is 19.1 Å². The summed E-state index contributed by atoms with van der Waals surface area (Å²) >= 11 is 12.1. The standard InChI is InChI=1S/C24H19Cl2N3O4/c1-2-22(30)28-18-10-7-15(8-11-18)23(31)29-27-14-16-13-17(25)9-12-21(16)33-24(32)19-5-3-4-6-20(19)26/h3-14H,2H2,1H3,(H,28,30)(H,29,31)/b27-14+. The predicted octanol–water partition coefficient (Wildman–Crippen LogP) is 5.33. The van der Waals surface area contributed by atoms with Gasteiger partial charge in [0.1, 0.15) is 5.75 Å². The largest absolute Gasteiger partial charge is 0.422 e. The lowest BCUT2D eigenvalue weighted by Gasteiger charge is -2.09. The fraction of sp³-hybridized carbons (Fsp3) is 0.0833. The lowest BCUT2D eigenvalue weighted by Crippen LogP contribution is -2.18. The SMILES string of the molecule is CCC(=O)Nc1ccc(C(=O)N/N=C/c2cc(Cl)ccc2OC(=O)c2ccccc2Cl)cc1. The van der Waals surface area contributed by atoms with Crippen molar-refractivity contribution in [3.05, 3.63) is 93.5 Å². The van der Waals surface area contributed by atoms with Crippen molar-refractivity contribution in [1.82, 2.24) is 5.43 Å². The van der Waals surface area contributed by atoms with Crippen LogP contribution in [0.5, 0.6) is 5.75 Å². The number of carbonyl (C=O) groups excluding carboxylic acids is 3. The number of nitrogens with one attached hydrogen (secondary N) is 2. The van der Waals surface area contributed by atoms with Gasteiger partial charge in [0.25, 0.3) is 5.91 Å². The van der Waals surface area contributed by atoms with Gasteiger partial charge in [-0.15, -0.1) is 0 Å². The third-order valence-electron chi connectivity index (χ3n) is 4.39. The van der Waals surface area contributed by atoms with Crippen LogP contribution in [0.25, 0.3) is 0 Å². The number of amides is 2. The maximum atomic E-state index is 12.5. The molecule has 0 spiro atoms. The van der Waals surface area contributed by atoms with E-state index in [0.29, 0.717) is 28.3 Å². The Morgan fingerprint density at radius 2 is 1.73 bits per heavy atom. The molecule has 3 rings (SSSR count). The van der Waals surface area contributed by atoms with Gasteiger partial charge >= 0.3 is 5.97 Å². The number of ether oxygens (including phenoxy) is 1. The van der Waals surface area contributed by atoms with Crippen molar-refractivity contribution in [2.24, 2.45) is 5.10 Å². The molecule has 0 saturated carbocycles. The van der Waals surface area contributed by atoms with Gasteiger partial charge in [-0.3, -0.25) is 9.59 Å². The first-order valence-corrected chi connectivity index (χ1v) is 10.6. The number of benzene rings is 3. The van der Waals surface area contributed by atoms with E-state index >= 15 is 0 Å². The summed E-state index contributed by atoms with van der Waals surface area (Å²) in [6.07, 6.45) is 1.67. The Balaban J connectivity index is 1.69. The maximum absolute atomic E-state index is 12.5. The Morgan fingerprint density at radius 3 is 2.42 bits per heavy atom.